The lowest BCUT2D eigenvalue weighted by atomic mass is 9.85. The van der Waals surface area contributed by atoms with Gasteiger partial charge in [-0.25, -0.2) is 4.79 Å². The summed E-state index contributed by atoms with van der Waals surface area (Å²) in [5, 5.41) is 2.85. The zero-order valence-electron chi connectivity index (χ0n) is 19.3. The van der Waals surface area contributed by atoms with Crippen LogP contribution in [0.5, 0.6) is 0 Å². The quantitative estimate of drug-likeness (QED) is 0.777. The monoisotopic (exact) mass is 441 g/mol. The fourth-order valence-corrected chi connectivity index (χ4v) is 5.19. The first kappa shape index (κ1) is 22.4. The summed E-state index contributed by atoms with van der Waals surface area (Å²) in [4.78, 5) is 46.6. The third kappa shape index (κ3) is 4.27. The molecule has 3 aliphatic heterocycles. The van der Waals surface area contributed by atoms with Crippen LogP contribution in [0, 0.1) is 5.92 Å². The van der Waals surface area contributed by atoms with E-state index in [0.29, 0.717) is 45.1 Å². The maximum atomic E-state index is 13.7. The number of hydrogen-bond acceptors (Lipinski definition) is 4. The zero-order chi connectivity index (χ0) is 22.7. The van der Waals surface area contributed by atoms with Crippen LogP contribution in [-0.4, -0.2) is 84.0 Å². The number of anilines is 1. The minimum atomic E-state index is -0.707. The number of nitrogens with one attached hydrogen (secondary N) is 1. The molecular formula is C24H35N5O3. The average molecular weight is 442 g/mol. The van der Waals surface area contributed by atoms with Crippen LogP contribution in [0.15, 0.2) is 30.3 Å². The molecule has 3 aliphatic rings. The summed E-state index contributed by atoms with van der Waals surface area (Å²) in [5.74, 6) is 0.699. The van der Waals surface area contributed by atoms with Crippen LogP contribution in [0.25, 0.3) is 0 Å². The van der Waals surface area contributed by atoms with Crippen molar-refractivity contribution in [3.63, 3.8) is 0 Å². The van der Waals surface area contributed by atoms with Crippen molar-refractivity contribution in [2.75, 3.05) is 50.8 Å². The summed E-state index contributed by atoms with van der Waals surface area (Å²) in [7, 11) is 0. The predicted molar refractivity (Wildman–Crippen MR) is 123 cm³/mol. The standard InChI is InChI=1S/C24H35N5O3/c1-3-25-23(32)27-15-11-24(12-16-27)22(31)28(18-29(24)20-7-5-4-6-8-20)17-21(30)26-13-9-19(2)10-14-26/h4-8,19H,3,9-18H2,1-2H3,(H,25,32). The van der Waals surface area contributed by atoms with Gasteiger partial charge in [0, 0.05) is 38.4 Å². The van der Waals surface area contributed by atoms with Crippen LogP contribution in [0.4, 0.5) is 10.5 Å². The van der Waals surface area contributed by atoms with Crippen molar-refractivity contribution in [2.24, 2.45) is 5.92 Å². The molecule has 0 aromatic heterocycles. The highest BCUT2D eigenvalue weighted by molar-refractivity contribution is 5.96. The van der Waals surface area contributed by atoms with E-state index in [2.05, 4.69) is 17.1 Å². The van der Waals surface area contributed by atoms with Crippen molar-refractivity contribution in [3.05, 3.63) is 30.3 Å². The second-order valence-corrected chi connectivity index (χ2v) is 9.33. The zero-order valence-corrected chi connectivity index (χ0v) is 19.3. The van der Waals surface area contributed by atoms with Crippen LogP contribution in [0.1, 0.15) is 39.5 Å². The average Bonchev–Trinajstić information content (AvgIpc) is 3.07. The van der Waals surface area contributed by atoms with E-state index in [1.807, 2.05) is 42.2 Å². The number of amides is 4. The molecule has 1 aromatic carbocycles. The van der Waals surface area contributed by atoms with Crippen LogP contribution in [-0.2, 0) is 9.59 Å². The summed E-state index contributed by atoms with van der Waals surface area (Å²) < 4.78 is 0. The summed E-state index contributed by atoms with van der Waals surface area (Å²) in [6, 6.07) is 9.86. The van der Waals surface area contributed by atoms with Crippen LogP contribution in [0.3, 0.4) is 0 Å². The van der Waals surface area contributed by atoms with Gasteiger partial charge in [0.15, 0.2) is 0 Å². The number of piperidine rings is 2. The molecule has 174 valence electrons. The number of nitrogens with zero attached hydrogens (tertiary/aromatic N) is 4. The van der Waals surface area contributed by atoms with Gasteiger partial charge in [-0.15, -0.1) is 0 Å². The highest BCUT2D eigenvalue weighted by atomic mass is 16.2. The normalized spacial score (nSPS) is 21.4. The van der Waals surface area contributed by atoms with Gasteiger partial charge >= 0.3 is 6.03 Å². The highest BCUT2D eigenvalue weighted by Crippen LogP contribution is 2.39. The van der Waals surface area contributed by atoms with E-state index in [0.717, 1.165) is 31.6 Å². The summed E-state index contributed by atoms with van der Waals surface area (Å²) in [5.41, 5.74) is 0.273. The van der Waals surface area contributed by atoms with Crippen molar-refractivity contribution in [1.29, 1.82) is 0 Å². The summed E-state index contributed by atoms with van der Waals surface area (Å²) in [6.07, 6.45) is 3.17. The predicted octanol–water partition coefficient (Wildman–Crippen LogP) is 2.12. The van der Waals surface area contributed by atoms with E-state index in [-0.39, 0.29) is 24.4 Å². The Kier molecular flexibility index (Phi) is 6.58. The molecule has 1 aromatic rings. The number of benzene rings is 1. The maximum absolute atomic E-state index is 13.7. The molecule has 0 unspecified atom stereocenters. The molecule has 0 aliphatic carbocycles. The van der Waals surface area contributed by atoms with Gasteiger partial charge in [-0.1, -0.05) is 25.1 Å². The Bertz CT molecular complexity index is 829. The Morgan fingerprint density at radius 2 is 1.69 bits per heavy atom. The summed E-state index contributed by atoms with van der Waals surface area (Å²) in [6.45, 7) is 7.83. The number of carbonyl (C=O) groups excluding carboxylic acids is 3. The molecular weight excluding hydrogens is 406 g/mol. The Morgan fingerprint density at radius 3 is 2.31 bits per heavy atom. The van der Waals surface area contributed by atoms with Crippen molar-refractivity contribution in [3.8, 4) is 0 Å². The van der Waals surface area contributed by atoms with Gasteiger partial charge in [0.25, 0.3) is 5.91 Å². The fraction of sp³-hybridized carbons (Fsp3) is 0.625. The van der Waals surface area contributed by atoms with Crippen molar-refractivity contribution >= 4 is 23.5 Å². The molecule has 32 heavy (non-hydrogen) atoms. The van der Waals surface area contributed by atoms with Gasteiger partial charge in [0.05, 0.1) is 6.67 Å². The van der Waals surface area contributed by atoms with Gasteiger partial charge in [0.2, 0.25) is 5.91 Å². The van der Waals surface area contributed by atoms with E-state index in [9.17, 15) is 14.4 Å². The summed E-state index contributed by atoms with van der Waals surface area (Å²) >= 11 is 0. The number of likely N-dealkylation sites (tertiary alicyclic amines) is 2. The van der Waals surface area contributed by atoms with Gasteiger partial charge in [-0.2, -0.15) is 0 Å². The molecule has 4 amide bonds. The van der Waals surface area contributed by atoms with Gasteiger partial charge in [-0.05, 0) is 50.7 Å². The minimum Gasteiger partial charge on any atom is -0.341 e. The SMILES string of the molecule is CCNC(=O)N1CCC2(CC1)C(=O)N(CC(=O)N1CCC(C)CC1)CN2c1ccccc1. The molecule has 3 fully saturated rings. The topological polar surface area (TPSA) is 76.2 Å². The van der Waals surface area contributed by atoms with Crippen LogP contribution < -0.4 is 10.2 Å². The molecule has 1 N–H and O–H groups in total. The van der Waals surface area contributed by atoms with E-state index in [1.54, 1.807) is 9.80 Å². The van der Waals surface area contributed by atoms with Gasteiger partial charge in [0.1, 0.15) is 12.1 Å². The van der Waals surface area contributed by atoms with Gasteiger partial charge < -0.3 is 24.9 Å². The Balaban J connectivity index is 1.51. The lowest BCUT2D eigenvalue weighted by Crippen LogP contribution is -2.58. The van der Waals surface area contributed by atoms with E-state index in [4.69, 9.17) is 0 Å². The molecule has 0 radical (unpaired) electrons. The molecule has 3 heterocycles. The number of urea groups is 1. The van der Waals surface area contributed by atoms with Crippen molar-refractivity contribution < 1.29 is 14.4 Å². The fourth-order valence-electron chi connectivity index (χ4n) is 5.19. The second-order valence-electron chi connectivity index (χ2n) is 9.33. The molecule has 8 heteroatoms. The third-order valence-electron chi connectivity index (χ3n) is 7.25. The molecule has 4 rings (SSSR count). The molecule has 3 saturated heterocycles. The Labute approximate surface area is 190 Å². The minimum absolute atomic E-state index is 0.00984. The van der Waals surface area contributed by atoms with Crippen molar-refractivity contribution in [1.82, 2.24) is 20.0 Å². The first-order chi connectivity index (χ1) is 15.4. The molecule has 0 bridgehead atoms. The molecule has 1 spiro atoms. The molecule has 0 saturated carbocycles. The van der Waals surface area contributed by atoms with E-state index in [1.165, 1.54) is 0 Å². The van der Waals surface area contributed by atoms with Crippen LogP contribution in [0.2, 0.25) is 0 Å². The number of carbonyl (C=O) groups is 3. The van der Waals surface area contributed by atoms with Crippen molar-refractivity contribution in [2.45, 2.75) is 45.1 Å². The van der Waals surface area contributed by atoms with Gasteiger partial charge in [-0.3, -0.25) is 9.59 Å². The highest BCUT2D eigenvalue weighted by Gasteiger charge is 2.54. The van der Waals surface area contributed by atoms with Crippen LogP contribution >= 0.6 is 0 Å². The molecule has 0 atom stereocenters. The number of rotatable bonds is 4. The number of para-hydroxylation sites is 1. The van der Waals surface area contributed by atoms with E-state index >= 15 is 0 Å². The van der Waals surface area contributed by atoms with E-state index < -0.39 is 5.54 Å². The largest absolute Gasteiger partial charge is 0.341 e. The maximum Gasteiger partial charge on any atom is 0.317 e. The lowest BCUT2D eigenvalue weighted by Gasteiger charge is -2.43. The Hall–Kier alpha value is -2.77. The molecule has 8 nitrogen and oxygen atoms in total. The Morgan fingerprint density at radius 1 is 1.03 bits per heavy atom. The lowest BCUT2D eigenvalue weighted by molar-refractivity contribution is -0.141. The number of hydrogen-bond donors (Lipinski definition) is 1. The third-order valence-corrected chi connectivity index (χ3v) is 7.25. The second kappa shape index (κ2) is 9.38. The first-order valence-corrected chi connectivity index (χ1v) is 11.9. The smallest absolute Gasteiger partial charge is 0.317 e. The first-order valence-electron chi connectivity index (χ1n) is 11.9.